The zero-order valence-corrected chi connectivity index (χ0v) is 12.8. The third-order valence-electron chi connectivity index (χ3n) is 3.01. The summed E-state index contributed by atoms with van der Waals surface area (Å²) in [6.45, 7) is 4.21. The van der Waals surface area contributed by atoms with Gasteiger partial charge in [0.1, 0.15) is 17.3 Å². The molecule has 0 unspecified atom stereocenters. The number of aryl methyl sites for hydroxylation is 1. The third-order valence-corrected chi connectivity index (χ3v) is 3.63. The fourth-order valence-corrected chi connectivity index (χ4v) is 2.46. The van der Waals surface area contributed by atoms with E-state index in [2.05, 4.69) is 34.9 Å². The van der Waals surface area contributed by atoms with Crippen LogP contribution in [0.1, 0.15) is 19.4 Å². The standard InChI is InChI=1S/C14H17BrFN3/c1-8(2)7-10-13(18-19(3)14(10)17)9-5-4-6-11(15)12(9)16/h4-6,8H,7,17H2,1-3H3. The van der Waals surface area contributed by atoms with Crippen LogP contribution in [-0.2, 0) is 13.5 Å². The topological polar surface area (TPSA) is 43.8 Å². The molecule has 0 aliphatic rings. The largest absolute Gasteiger partial charge is 0.384 e. The van der Waals surface area contributed by atoms with Crippen LogP contribution in [0.2, 0.25) is 0 Å². The molecule has 0 aliphatic carbocycles. The van der Waals surface area contributed by atoms with E-state index in [4.69, 9.17) is 5.73 Å². The van der Waals surface area contributed by atoms with Crippen LogP contribution >= 0.6 is 15.9 Å². The van der Waals surface area contributed by atoms with Crippen molar-refractivity contribution in [1.29, 1.82) is 0 Å². The first-order valence-electron chi connectivity index (χ1n) is 6.17. The first-order valence-corrected chi connectivity index (χ1v) is 6.96. The van der Waals surface area contributed by atoms with Crippen LogP contribution in [0.15, 0.2) is 22.7 Å². The van der Waals surface area contributed by atoms with Crippen molar-refractivity contribution >= 4 is 21.7 Å². The van der Waals surface area contributed by atoms with Crippen molar-refractivity contribution in [3.05, 3.63) is 34.1 Å². The predicted molar refractivity (Wildman–Crippen MR) is 79.3 cm³/mol. The molecule has 0 saturated heterocycles. The van der Waals surface area contributed by atoms with Gasteiger partial charge >= 0.3 is 0 Å². The summed E-state index contributed by atoms with van der Waals surface area (Å²) >= 11 is 3.20. The number of anilines is 1. The Morgan fingerprint density at radius 2 is 2.11 bits per heavy atom. The molecule has 0 radical (unpaired) electrons. The Hall–Kier alpha value is -1.36. The second kappa shape index (κ2) is 5.33. The van der Waals surface area contributed by atoms with Crippen molar-refractivity contribution < 1.29 is 4.39 Å². The highest BCUT2D eigenvalue weighted by molar-refractivity contribution is 9.10. The van der Waals surface area contributed by atoms with Gasteiger partial charge in [-0.25, -0.2) is 4.39 Å². The molecule has 3 nitrogen and oxygen atoms in total. The number of nitrogens with zero attached hydrogens (tertiary/aromatic N) is 2. The van der Waals surface area contributed by atoms with Gasteiger partial charge in [-0.1, -0.05) is 19.9 Å². The molecule has 0 saturated carbocycles. The minimum atomic E-state index is -0.300. The molecule has 2 N–H and O–H groups in total. The highest BCUT2D eigenvalue weighted by Crippen LogP contribution is 2.33. The van der Waals surface area contributed by atoms with Crippen LogP contribution in [-0.4, -0.2) is 9.78 Å². The Kier molecular flexibility index (Phi) is 3.94. The molecule has 0 atom stereocenters. The highest BCUT2D eigenvalue weighted by atomic mass is 79.9. The predicted octanol–water partition coefficient (Wildman–Crippen LogP) is 3.77. The molecule has 0 bridgehead atoms. The Morgan fingerprint density at radius 1 is 1.42 bits per heavy atom. The fourth-order valence-electron chi connectivity index (χ4n) is 2.09. The van der Waals surface area contributed by atoms with Gasteiger partial charge in [0, 0.05) is 18.2 Å². The molecule has 0 aliphatic heterocycles. The van der Waals surface area contributed by atoms with E-state index in [0.29, 0.717) is 27.5 Å². The summed E-state index contributed by atoms with van der Waals surface area (Å²) in [5.41, 5.74) is 8.07. The minimum Gasteiger partial charge on any atom is -0.384 e. The van der Waals surface area contributed by atoms with E-state index >= 15 is 0 Å². The molecule has 0 amide bonds. The van der Waals surface area contributed by atoms with Gasteiger partial charge in [-0.05, 0) is 40.4 Å². The van der Waals surface area contributed by atoms with Gasteiger partial charge in [0.25, 0.3) is 0 Å². The summed E-state index contributed by atoms with van der Waals surface area (Å²) in [6.07, 6.45) is 0.779. The summed E-state index contributed by atoms with van der Waals surface area (Å²) in [5, 5.41) is 4.37. The maximum atomic E-state index is 14.2. The van der Waals surface area contributed by atoms with E-state index in [1.54, 1.807) is 29.9 Å². The second-order valence-corrected chi connectivity index (χ2v) is 5.89. The lowest BCUT2D eigenvalue weighted by atomic mass is 9.99. The number of halogens is 2. The molecule has 19 heavy (non-hydrogen) atoms. The number of hydrogen-bond acceptors (Lipinski definition) is 2. The van der Waals surface area contributed by atoms with Crippen LogP contribution in [0.4, 0.5) is 10.2 Å². The zero-order chi connectivity index (χ0) is 14.2. The van der Waals surface area contributed by atoms with E-state index in [-0.39, 0.29) is 5.82 Å². The van der Waals surface area contributed by atoms with Gasteiger partial charge in [0.05, 0.1) is 4.47 Å². The summed E-state index contributed by atoms with van der Waals surface area (Å²) in [6, 6.07) is 5.20. The van der Waals surface area contributed by atoms with Crippen LogP contribution < -0.4 is 5.73 Å². The molecule has 102 valence electrons. The third kappa shape index (κ3) is 2.66. The van der Waals surface area contributed by atoms with Gasteiger partial charge in [0.2, 0.25) is 0 Å². The highest BCUT2D eigenvalue weighted by Gasteiger charge is 2.19. The maximum absolute atomic E-state index is 14.2. The summed E-state index contributed by atoms with van der Waals surface area (Å²) in [7, 11) is 1.78. The van der Waals surface area contributed by atoms with Gasteiger partial charge in [0.15, 0.2) is 0 Å². The lowest BCUT2D eigenvalue weighted by Gasteiger charge is -2.08. The number of hydrogen-bond donors (Lipinski definition) is 1. The molecule has 5 heteroatoms. The van der Waals surface area contributed by atoms with Crippen molar-refractivity contribution in [3.63, 3.8) is 0 Å². The monoisotopic (exact) mass is 325 g/mol. The summed E-state index contributed by atoms with van der Waals surface area (Å²) in [4.78, 5) is 0. The van der Waals surface area contributed by atoms with Crippen molar-refractivity contribution in [2.75, 3.05) is 5.73 Å². The first-order chi connectivity index (χ1) is 8.91. The SMILES string of the molecule is CC(C)Cc1c(-c2cccc(Br)c2F)nn(C)c1N. The van der Waals surface area contributed by atoms with Gasteiger partial charge in [-0.3, -0.25) is 4.68 Å². The van der Waals surface area contributed by atoms with Crippen LogP contribution in [0.25, 0.3) is 11.3 Å². The van der Waals surface area contributed by atoms with E-state index in [9.17, 15) is 4.39 Å². The Bertz CT molecular complexity index is 605. The first kappa shape index (κ1) is 14.1. The normalized spacial score (nSPS) is 11.3. The van der Waals surface area contributed by atoms with Crippen molar-refractivity contribution in [2.45, 2.75) is 20.3 Å². The molecular weight excluding hydrogens is 309 g/mol. The molecule has 0 fully saturated rings. The molecule has 1 aromatic heterocycles. The molecule has 2 aromatic rings. The Morgan fingerprint density at radius 3 is 2.74 bits per heavy atom. The van der Waals surface area contributed by atoms with E-state index in [1.165, 1.54) is 0 Å². The molecule has 2 rings (SSSR count). The van der Waals surface area contributed by atoms with Crippen molar-refractivity contribution in [3.8, 4) is 11.3 Å². The average Bonchev–Trinajstić information content (AvgIpc) is 2.60. The van der Waals surface area contributed by atoms with E-state index in [1.807, 2.05) is 0 Å². The van der Waals surface area contributed by atoms with Crippen molar-refractivity contribution in [1.82, 2.24) is 9.78 Å². The molecular formula is C14H17BrFN3. The van der Waals surface area contributed by atoms with E-state index < -0.39 is 0 Å². The fraction of sp³-hybridized carbons (Fsp3) is 0.357. The van der Waals surface area contributed by atoms with Crippen LogP contribution in [0.3, 0.4) is 0 Å². The smallest absolute Gasteiger partial charge is 0.146 e. The van der Waals surface area contributed by atoms with Crippen LogP contribution in [0, 0.1) is 11.7 Å². The zero-order valence-electron chi connectivity index (χ0n) is 11.2. The van der Waals surface area contributed by atoms with Gasteiger partial charge in [-0.2, -0.15) is 5.10 Å². The Labute approximate surface area is 120 Å². The number of rotatable bonds is 3. The molecule has 1 aromatic carbocycles. The average molecular weight is 326 g/mol. The van der Waals surface area contributed by atoms with Crippen LogP contribution in [0.5, 0.6) is 0 Å². The van der Waals surface area contributed by atoms with E-state index in [0.717, 1.165) is 12.0 Å². The lowest BCUT2D eigenvalue weighted by Crippen LogP contribution is -2.02. The number of nitrogens with two attached hydrogens (primary N) is 1. The molecule has 1 heterocycles. The Balaban J connectivity index is 2.62. The minimum absolute atomic E-state index is 0.300. The summed E-state index contributed by atoms with van der Waals surface area (Å²) < 4.78 is 16.2. The second-order valence-electron chi connectivity index (χ2n) is 5.04. The number of nitrogen functional groups attached to an aromatic ring is 1. The number of aromatic nitrogens is 2. The molecule has 0 spiro atoms. The van der Waals surface area contributed by atoms with Gasteiger partial charge < -0.3 is 5.73 Å². The number of benzene rings is 1. The quantitative estimate of drug-likeness (QED) is 0.933. The lowest BCUT2D eigenvalue weighted by molar-refractivity contribution is 0.621. The van der Waals surface area contributed by atoms with Crippen molar-refractivity contribution in [2.24, 2.45) is 13.0 Å². The van der Waals surface area contributed by atoms with Gasteiger partial charge in [-0.15, -0.1) is 0 Å². The maximum Gasteiger partial charge on any atom is 0.146 e. The summed E-state index contributed by atoms with van der Waals surface area (Å²) in [5.74, 6) is 0.731.